The minimum atomic E-state index is -0.146. The fourth-order valence-corrected chi connectivity index (χ4v) is 4.09. The van der Waals surface area contributed by atoms with Crippen LogP contribution in [-0.4, -0.2) is 44.2 Å². The van der Waals surface area contributed by atoms with Crippen molar-refractivity contribution >= 4 is 5.91 Å². The molecule has 6 heteroatoms. The number of carbonyl (C=O) groups excluding carboxylic acids is 1. The molecular weight excluding hydrogens is 416 g/mol. The number of rotatable bonds is 9. The van der Waals surface area contributed by atoms with E-state index in [4.69, 9.17) is 14.2 Å². The van der Waals surface area contributed by atoms with Crippen LogP contribution in [0.25, 0.3) is 0 Å². The molecule has 1 N–H and O–H groups in total. The van der Waals surface area contributed by atoms with Crippen molar-refractivity contribution in [1.29, 1.82) is 0 Å². The molecule has 0 radical (unpaired) electrons. The number of likely N-dealkylation sites (tertiary alicyclic amines) is 1. The van der Waals surface area contributed by atoms with Crippen LogP contribution in [0.5, 0.6) is 17.2 Å². The summed E-state index contributed by atoms with van der Waals surface area (Å²) in [6.45, 7) is 3.05. The summed E-state index contributed by atoms with van der Waals surface area (Å²) < 4.78 is 17.0. The van der Waals surface area contributed by atoms with E-state index < -0.39 is 0 Å². The number of nitrogens with one attached hydrogen (secondary N) is 1. The van der Waals surface area contributed by atoms with Gasteiger partial charge in [-0.25, -0.2) is 0 Å². The van der Waals surface area contributed by atoms with Crippen molar-refractivity contribution in [2.45, 2.75) is 25.6 Å². The van der Waals surface area contributed by atoms with Crippen LogP contribution >= 0.6 is 0 Å². The zero-order chi connectivity index (χ0) is 23.0. The SMILES string of the molecule is COc1cc(C(=O)N[C@@H]2CCN(Cc3ccccc3)C2)cc(OC)c1OCc1ccccc1. The topological polar surface area (TPSA) is 60.0 Å². The van der Waals surface area contributed by atoms with Gasteiger partial charge in [0.15, 0.2) is 11.5 Å². The Morgan fingerprint density at radius 1 is 0.939 bits per heavy atom. The molecule has 6 nitrogen and oxygen atoms in total. The van der Waals surface area contributed by atoms with Gasteiger partial charge in [0.2, 0.25) is 5.75 Å². The van der Waals surface area contributed by atoms with Crippen LogP contribution in [0, 0.1) is 0 Å². The number of benzene rings is 3. The Morgan fingerprint density at radius 3 is 2.15 bits per heavy atom. The van der Waals surface area contributed by atoms with Crippen molar-refractivity contribution in [2.24, 2.45) is 0 Å². The van der Waals surface area contributed by atoms with Crippen LogP contribution in [-0.2, 0) is 13.2 Å². The van der Waals surface area contributed by atoms with E-state index in [1.165, 1.54) is 5.56 Å². The molecule has 0 unspecified atom stereocenters. The zero-order valence-electron chi connectivity index (χ0n) is 19.1. The molecule has 1 aliphatic heterocycles. The second-order valence-electron chi connectivity index (χ2n) is 8.16. The smallest absolute Gasteiger partial charge is 0.251 e. The molecule has 4 rings (SSSR count). The van der Waals surface area contributed by atoms with Crippen LogP contribution in [0.3, 0.4) is 0 Å². The Balaban J connectivity index is 1.41. The van der Waals surface area contributed by atoms with Gasteiger partial charge in [-0.15, -0.1) is 0 Å². The Morgan fingerprint density at radius 2 is 1.55 bits per heavy atom. The number of amides is 1. The maximum Gasteiger partial charge on any atom is 0.251 e. The number of carbonyl (C=O) groups is 1. The van der Waals surface area contributed by atoms with Crippen LogP contribution in [0.4, 0.5) is 0 Å². The number of ether oxygens (including phenoxy) is 3. The first kappa shape index (κ1) is 22.7. The molecule has 1 fully saturated rings. The maximum atomic E-state index is 13.0. The van der Waals surface area contributed by atoms with Gasteiger partial charge in [0.1, 0.15) is 6.61 Å². The van der Waals surface area contributed by atoms with E-state index in [9.17, 15) is 4.79 Å². The third-order valence-electron chi connectivity index (χ3n) is 5.81. The lowest BCUT2D eigenvalue weighted by atomic mass is 10.1. The van der Waals surface area contributed by atoms with Crippen molar-refractivity contribution in [1.82, 2.24) is 10.2 Å². The van der Waals surface area contributed by atoms with Crippen LogP contribution in [0.1, 0.15) is 27.9 Å². The lowest BCUT2D eigenvalue weighted by Crippen LogP contribution is -2.37. The van der Waals surface area contributed by atoms with Crippen LogP contribution in [0.15, 0.2) is 72.8 Å². The fourth-order valence-electron chi connectivity index (χ4n) is 4.09. The van der Waals surface area contributed by atoms with E-state index in [1.54, 1.807) is 26.4 Å². The van der Waals surface area contributed by atoms with Gasteiger partial charge in [-0.3, -0.25) is 9.69 Å². The molecular formula is C27H30N2O4. The third-order valence-corrected chi connectivity index (χ3v) is 5.81. The van der Waals surface area contributed by atoms with Gasteiger partial charge in [-0.2, -0.15) is 0 Å². The van der Waals surface area contributed by atoms with Gasteiger partial charge in [0.05, 0.1) is 14.2 Å². The van der Waals surface area contributed by atoms with E-state index in [0.29, 0.717) is 29.4 Å². The second-order valence-corrected chi connectivity index (χ2v) is 8.16. The number of nitrogens with zero attached hydrogens (tertiary/aromatic N) is 1. The fraction of sp³-hybridized carbons (Fsp3) is 0.296. The minimum Gasteiger partial charge on any atom is -0.493 e. The summed E-state index contributed by atoms with van der Waals surface area (Å²) in [7, 11) is 3.12. The van der Waals surface area contributed by atoms with Gasteiger partial charge >= 0.3 is 0 Å². The predicted octanol–water partition coefficient (Wildman–Crippen LogP) is 4.29. The quantitative estimate of drug-likeness (QED) is 0.532. The van der Waals surface area contributed by atoms with Gasteiger partial charge in [-0.05, 0) is 29.7 Å². The first-order valence-corrected chi connectivity index (χ1v) is 11.2. The van der Waals surface area contributed by atoms with Gasteiger partial charge < -0.3 is 19.5 Å². The Kier molecular flexibility index (Phi) is 7.47. The lowest BCUT2D eigenvalue weighted by molar-refractivity contribution is 0.0936. The predicted molar refractivity (Wildman–Crippen MR) is 128 cm³/mol. The normalized spacial score (nSPS) is 15.8. The summed E-state index contributed by atoms with van der Waals surface area (Å²) >= 11 is 0. The third kappa shape index (κ3) is 5.84. The van der Waals surface area contributed by atoms with Crippen molar-refractivity contribution in [3.63, 3.8) is 0 Å². The van der Waals surface area contributed by atoms with Crippen molar-refractivity contribution in [3.8, 4) is 17.2 Å². The highest BCUT2D eigenvalue weighted by Crippen LogP contribution is 2.39. The molecule has 1 saturated heterocycles. The molecule has 3 aromatic rings. The van der Waals surface area contributed by atoms with Gasteiger partial charge in [-0.1, -0.05) is 60.7 Å². The summed E-state index contributed by atoms with van der Waals surface area (Å²) in [6.07, 6.45) is 0.922. The molecule has 0 spiro atoms. The standard InChI is InChI=1S/C27H30N2O4/c1-31-24-15-22(16-25(32-2)26(24)33-19-21-11-7-4-8-12-21)27(30)28-23-13-14-29(18-23)17-20-9-5-3-6-10-20/h3-12,15-16,23H,13-14,17-19H2,1-2H3,(H,28,30)/t23-/m1/s1. The second kappa shape index (κ2) is 10.9. The molecule has 3 aromatic carbocycles. The molecule has 0 aromatic heterocycles. The van der Waals surface area contributed by atoms with Crippen LogP contribution in [0.2, 0.25) is 0 Å². The van der Waals surface area contributed by atoms with E-state index in [1.807, 2.05) is 36.4 Å². The first-order chi connectivity index (χ1) is 16.2. The highest BCUT2D eigenvalue weighted by Gasteiger charge is 2.25. The summed E-state index contributed by atoms with van der Waals surface area (Å²) in [5.41, 5.74) is 2.80. The number of methoxy groups -OCH3 is 2. The molecule has 172 valence electrons. The highest BCUT2D eigenvalue weighted by atomic mass is 16.5. The van der Waals surface area contributed by atoms with Crippen molar-refractivity contribution in [3.05, 3.63) is 89.5 Å². The molecule has 1 heterocycles. The van der Waals surface area contributed by atoms with E-state index >= 15 is 0 Å². The van der Waals surface area contributed by atoms with Crippen molar-refractivity contribution < 1.29 is 19.0 Å². The summed E-state index contributed by atoms with van der Waals surface area (Å²) in [4.78, 5) is 15.4. The first-order valence-electron chi connectivity index (χ1n) is 11.2. The number of hydrogen-bond acceptors (Lipinski definition) is 5. The van der Waals surface area contributed by atoms with Crippen LogP contribution < -0.4 is 19.5 Å². The molecule has 0 saturated carbocycles. The molecule has 1 atom stereocenters. The molecule has 0 aliphatic carbocycles. The van der Waals surface area contributed by atoms with Gasteiger partial charge in [0, 0.05) is 31.2 Å². The zero-order valence-corrected chi connectivity index (χ0v) is 19.1. The highest BCUT2D eigenvalue weighted by molar-refractivity contribution is 5.95. The summed E-state index contributed by atoms with van der Waals surface area (Å²) in [5.74, 6) is 1.27. The van der Waals surface area contributed by atoms with E-state index in [2.05, 4.69) is 34.5 Å². The Labute approximate surface area is 195 Å². The lowest BCUT2D eigenvalue weighted by Gasteiger charge is -2.18. The van der Waals surface area contributed by atoms with E-state index in [0.717, 1.165) is 31.6 Å². The average Bonchev–Trinajstić information content (AvgIpc) is 3.29. The molecule has 33 heavy (non-hydrogen) atoms. The Hall–Kier alpha value is -3.51. The maximum absolute atomic E-state index is 13.0. The minimum absolute atomic E-state index is 0.104. The molecule has 0 bridgehead atoms. The average molecular weight is 447 g/mol. The van der Waals surface area contributed by atoms with Gasteiger partial charge in [0.25, 0.3) is 5.91 Å². The largest absolute Gasteiger partial charge is 0.493 e. The Bertz CT molecular complexity index is 1030. The number of hydrogen-bond donors (Lipinski definition) is 1. The summed E-state index contributed by atoms with van der Waals surface area (Å²) in [6, 6.07) is 23.8. The molecule has 1 aliphatic rings. The van der Waals surface area contributed by atoms with Crippen molar-refractivity contribution in [2.75, 3.05) is 27.3 Å². The van der Waals surface area contributed by atoms with E-state index in [-0.39, 0.29) is 11.9 Å². The monoisotopic (exact) mass is 446 g/mol. The molecule has 1 amide bonds. The summed E-state index contributed by atoms with van der Waals surface area (Å²) in [5, 5.41) is 3.16.